The number of carboxylic acid groups (broad SMARTS) is 1. The molecule has 0 aliphatic heterocycles. The van der Waals surface area contributed by atoms with E-state index in [-0.39, 0.29) is 28.3 Å². The van der Waals surface area contributed by atoms with Crippen LogP contribution in [0.3, 0.4) is 0 Å². The summed E-state index contributed by atoms with van der Waals surface area (Å²) in [5.41, 5.74) is 0.752. The molecular formula is C25H32O7. The van der Waals surface area contributed by atoms with E-state index < -0.39 is 5.97 Å². The predicted molar refractivity (Wildman–Crippen MR) is 121 cm³/mol. The molecule has 0 saturated carbocycles. The summed E-state index contributed by atoms with van der Waals surface area (Å²) in [6, 6.07) is 7.99. The Morgan fingerprint density at radius 3 is 2.16 bits per heavy atom. The second kappa shape index (κ2) is 10.9. The van der Waals surface area contributed by atoms with E-state index in [1.54, 1.807) is 31.2 Å². The molecule has 0 atom stereocenters. The monoisotopic (exact) mass is 444 g/mol. The number of aromatic carboxylic acids is 1. The number of carbonyl (C=O) groups is 2. The van der Waals surface area contributed by atoms with E-state index in [4.69, 9.17) is 14.2 Å². The first-order chi connectivity index (χ1) is 15.0. The van der Waals surface area contributed by atoms with Gasteiger partial charge in [0.05, 0.1) is 25.9 Å². The number of benzene rings is 2. The third kappa shape index (κ3) is 6.90. The highest BCUT2D eigenvalue weighted by Gasteiger charge is 2.21. The van der Waals surface area contributed by atoms with Crippen molar-refractivity contribution in [2.24, 2.45) is 5.41 Å². The first kappa shape index (κ1) is 25.0. The van der Waals surface area contributed by atoms with Crippen molar-refractivity contribution in [2.75, 3.05) is 20.3 Å². The molecule has 174 valence electrons. The summed E-state index contributed by atoms with van der Waals surface area (Å²) in [5.74, 6) is 0.0750. The summed E-state index contributed by atoms with van der Waals surface area (Å²) >= 11 is 0. The molecule has 2 aromatic rings. The number of carbonyl (C=O) groups excluding carboxylic acids is 1. The van der Waals surface area contributed by atoms with Gasteiger partial charge in [0.1, 0.15) is 28.6 Å². The van der Waals surface area contributed by atoms with Crippen LogP contribution in [0.25, 0.3) is 0 Å². The number of phenols is 1. The number of phenolic OH excluding ortho intramolecular Hbond substituents is 1. The summed E-state index contributed by atoms with van der Waals surface area (Å²) in [6.45, 7) is 8.49. The highest BCUT2D eigenvalue weighted by molar-refractivity contribution is 5.99. The van der Waals surface area contributed by atoms with E-state index in [1.807, 2.05) is 20.8 Å². The number of ether oxygens (including phenoxy) is 3. The van der Waals surface area contributed by atoms with Crippen LogP contribution in [-0.4, -0.2) is 42.3 Å². The standard InChI is InChI=1S/C25H32O7/c1-16-21(11-9-18(23(16)27)20(26)15-25(2,3)4)32-13-7-6-12-31-17-8-10-22(30-5)19(14-17)24(28)29/h8-11,14,27H,6-7,12-13,15H2,1-5H3,(H,28,29). The first-order valence-corrected chi connectivity index (χ1v) is 10.6. The molecule has 0 radical (unpaired) electrons. The topological polar surface area (TPSA) is 102 Å². The normalized spacial score (nSPS) is 11.2. The fourth-order valence-electron chi connectivity index (χ4n) is 3.16. The zero-order chi connectivity index (χ0) is 23.9. The number of hydrogen-bond acceptors (Lipinski definition) is 6. The lowest BCUT2D eigenvalue weighted by atomic mass is 9.87. The summed E-state index contributed by atoms with van der Waals surface area (Å²) in [4.78, 5) is 23.7. The molecular weight excluding hydrogens is 412 g/mol. The number of Topliss-reactive ketones (excluding diaryl/α,β-unsaturated/α-hetero) is 1. The maximum Gasteiger partial charge on any atom is 0.339 e. The minimum absolute atomic E-state index is 0.0335. The first-order valence-electron chi connectivity index (χ1n) is 10.6. The van der Waals surface area contributed by atoms with Crippen LogP contribution in [0, 0.1) is 12.3 Å². The Kier molecular flexibility index (Phi) is 8.52. The van der Waals surface area contributed by atoms with E-state index in [0.29, 0.717) is 55.1 Å². The van der Waals surface area contributed by atoms with Crippen molar-refractivity contribution in [2.45, 2.75) is 47.0 Å². The summed E-state index contributed by atoms with van der Waals surface area (Å²) in [7, 11) is 1.42. The van der Waals surface area contributed by atoms with E-state index in [2.05, 4.69) is 0 Å². The van der Waals surface area contributed by atoms with Crippen molar-refractivity contribution < 1.29 is 34.0 Å². The van der Waals surface area contributed by atoms with E-state index in [9.17, 15) is 19.8 Å². The van der Waals surface area contributed by atoms with Gasteiger partial charge in [-0.25, -0.2) is 4.79 Å². The van der Waals surface area contributed by atoms with Crippen molar-refractivity contribution in [1.82, 2.24) is 0 Å². The number of carboxylic acids is 1. The van der Waals surface area contributed by atoms with Gasteiger partial charge in [-0.3, -0.25) is 4.79 Å². The lowest BCUT2D eigenvalue weighted by Crippen LogP contribution is -2.13. The van der Waals surface area contributed by atoms with Crippen molar-refractivity contribution in [1.29, 1.82) is 0 Å². The molecule has 0 aliphatic rings. The number of aromatic hydroxyl groups is 1. The maximum absolute atomic E-state index is 12.4. The Balaban J connectivity index is 1.83. The number of methoxy groups -OCH3 is 1. The van der Waals surface area contributed by atoms with Crippen LogP contribution in [0.4, 0.5) is 0 Å². The van der Waals surface area contributed by atoms with Gasteiger partial charge in [-0.05, 0) is 55.5 Å². The second-order valence-electron chi connectivity index (χ2n) is 8.82. The number of rotatable bonds is 11. The zero-order valence-electron chi connectivity index (χ0n) is 19.4. The summed E-state index contributed by atoms with van der Waals surface area (Å²) in [6.07, 6.45) is 1.75. The minimum Gasteiger partial charge on any atom is -0.507 e. The Hall–Kier alpha value is -3.22. The molecule has 0 amide bonds. The number of ketones is 1. The quantitative estimate of drug-likeness (QED) is 0.360. The Morgan fingerprint density at radius 1 is 0.938 bits per heavy atom. The summed E-state index contributed by atoms with van der Waals surface area (Å²) < 4.78 is 16.4. The molecule has 32 heavy (non-hydrogen) atoms. The van der Waals surface area contributed by atoms with Gasteiger partial charge in [0.15, 0.2) is 5.78 Å². The number of hydrogen-bond donors (Lipinski definition) is 2. The molecule has 2 rings (SSSR count). The van der Waals surface area contributed by atoms with Crippen molar-refractivity contribution >= 4 is 11.8 Å². The van der Waals surface area contributed by atoms with Gasteiger partial charge < -0.3 is 24.4 Å². The van der Waals surface area contributed by atoms with Gasteiger partial charge in [0.25, 0.3) is 0 Å². The molecule has 7 nitrogen and oxygen atoms in total. The van der Waals surface area contributed by atoms with Gasteiger partial charge in [-0.15, -0.1) is 0 Å². The second-order valence-corrected chi connectivity index (χ2v) is 8.82. The van der Waals surface area contributed by atoms with Crippen molar-refractivity contribution in [3.05, 3.63) is 47.0 Å². The van der Waals surface area contributed by atoms with E-state index >= 15 is 0 Å². The molecule has 0 unspecified atom stereocenters. The van der Waals surface area contributed by atoms with Crippen molar-refractivity contribution in [3.8, 4) is 23.0 Å². The van der Waals surface area contributed by atoms with Gasteiger partial charge in [0, 0.05) is 12.0 Å². The Bertz CT molecular complexity index is 957. The molecule has 0 heterocycles. The van der Waals surface area contributed by atoms with Crippen LogP contribution in [0.15, 0.2) is 30.3 Å². The molecule has 0 aromatic heterocycles. The molecule has 0 spiro atoms. The highest BCUT2D eigenvalue weighted by atomic mass is 16.5. The third-order valence-electron chi connectivity index (χ3n) is 4.84. The fourth-order valence-corrected chi connectivity index (χ4v) is 3.16. The summed E-state index contributed by atoms with van der Waals surface area (Å²) in [5, 5.41) is 19.7. The smallest absolute Gasteiger partial charge is 0.339 e. The van der Waals surface area contributed by atoms with Crippen LogP contribution >= 0.6 is 0 Å². The molecule has 7 heteroatoms. The van der Waals surface area contributed by atoms with Crippen molar-refractivity contribution in [3.63, 3.8) is 0 Å². The molecule has 0 bridgehead atoms. The SMILES string of the molecule is COc1ccc(OCCCCOc2ccc(C(=O)CC(C)(C)C)c(O)c2C)cc1C(=O)O. The predicted octanol–water partition coefficient (Wildman–Crippen LogP) is 5.26. The molecule has 2 aromatic carbocycles. The maximum atomic E-state index is 12.4. The molecule has 0 saturated heterocycles. The fraction of sp³-hybridized carbons (Fsp3) is 0.440. The largest absolute Gasteiger partial charge is 0.507 e. The van der Waals surface area contributed by atoms with Crippen LogP contribution in [0.5, 0.6) is 23.0 Å². The average Bonchev–Trinajstić information content (AvgIpc) is 2.71. The van der Waals surface area contributed by atoms with Gasteiger partial charge >= 0.3 is 5.97 Å². The van der Waals surface area contributed by atoms with Crippen LogP contribution in [0.2, 0.25) is 0 Å². The van der Waals surface area contributed by atoms with Gasteiger partial charge in [-0.1, -0.05) is 20.8 Å². The van der Waals surface area contributed by atoms with Crippen LogP contribution in [-0.2, 0) is 0 Å². The Labute approximate surface area is 188 Å². The lowest BCUT2D eigenvalue weighted by molar-refractivity contribution is 0.0692. The zero-order valence-corrected chi connectivity index (χ0v) is 19.4. The molecule has 2 N–H and O–H groups in total. The molecule has 0 aliphatic carbocycles. The highest BCUT2D eigenvalue weighted by Crippen LogP contribution is 2.33. The Morgan fingerprint density at radius 2 is 1.56 bits per heavy atom. The van der Waals surface area contributed by atoms with E-state index in [1.165, 1.54) is 13.2 Å². The lowest BCUT2D eigenvalue weighted by Gasteiger charge is -2.18. The van der Waals surface area contributed by atoms with Gasteiger partial charge in [0.2, 0.25) is 0 Å². The van der Waals surface area contributed by atoms with Crippen LogP contribution < -0.4 is 14.2 Å². The van der Waals surface area contributed by atoms with E-state index in [0.717, 1.165) is 0 Å². The van der Waals surface area contributed by atoms with Crippen LogP contribution in [0.1, 0.15) is 66.3 Å². The average molecular weight is 445 g/mol. The minimum atomic E-state index is -1.08. The number of unbranched alkanes of at least 4 members (excludes halogenated alkanes) is 1. The third-order valence-corrected chi connectivity index (χ3v) is 4.84. The van der Waals surface area contributed by atoms with Gasteiger partial charge in [-0.2, -0.15) is 0 Å². The molecule has 0 fully saturated rings.